The fraction of sp³-hybridized carbons (Fsp3) is 0.556. The van der Waals surface area contributed by atoms with Crippen LogP contribution in [-0.2, 0) is 9.47 Å². The number of ether oxygens (including phenoxy) is 2. The first kappa shape index (κ1) is 9.82. The Morgan fingerprint density at radius 3 is 1.80 bits per heavy atom. The van der Waals surface area contributed by atoms with Crippen LogP contribution in [0, 0.1) is 0 Å². The number of nitrogens with zero attached hydrogens (tertiary/aromatic N) is 2. The Balaban J connectivity index is 2.24. The zero-order chi connectivity index (χ0) is 11.0. The molecule has 1 aliphatic carbocycles. The summed E-state index contributed by atoms with van der Waals surface area (Å²) < 4.78 is 9.23. The number of hydrogen-bond acceptors (Lipinski definition) is 4. The second-order valence-corrected chi connectivity index (χ2v) is 3.38. The standard InChI is InChI=1S/C9H12N2O4/c1-14-8(12)10-6-3-4-7(5-6)11(10)9(13)15-2/h3-4,6-7H,5H2,1-2H3/t6-,7-/m0/s1. The summed E-state index contributed by atoms with van der Waals surface area (Å²) in [7, 11) is 2.57. The number of carbonyl (C=O) groups is 2. The van der Waals surface area contributed by atoms with E-state index >= 15 is 0 Å². The summed E-state index contributed by atoms with van der Waals surface area (Å²) in [5.74, 6) is 0. The van der Waals surface area contributed by atoms with Gasteiger partial charge in [0.15, 0.2) is 0 Å². The minimum Gasteiger partial charge on any atom is -0.451 e. The van der Waals surface area contributed by atoms with Crippen molar-refractivity contribution >= 4 is 12.2 Å². The topological polar surface area (TPSA) is 59.1 Å². The highest BCUT2D eigenvalue weighted by Gasteiger charge is 2.47. The lowest BCUT2D eigenvalue weighted by atomic mass is 10.2. The first-order chi connectivity index (χ1) is 7.19. The molecule has 0 aromatic carbocycles. The zero-order valence-electron chi connectivity index (χ0n) is 8.54. The Bertz CT molecular complexity index is 298. The third-order valence-electron chi connectivity index (χ3n) is 2.62. The smallest absolute Gasteiger partial charge is 0.429 e. The summed E-state index contributed by atoms with van der Waals surface area (Å²) in [5.41, 5.74) is 0. The molecule has 0 N–H and O–H groups in total. The summed E-state index contributed by atoms with van der Waals surface area (Å²) in [5, 5.41) is 2.58. The van der Waals surface area contributed by atoms with Crippen molar-refractivity contribution < 1.29 is 19.1 Å². The van der Waals surface area contributed by atoms with Crippen molar-refractivity contribution in [3.05, 3.63) is 12.2 Å². The molecule has 6 heteroatoms. The molecule has 0 saturated carbocycles. The van der Waals surface area contributed by atoms with Gasteiger partial charge in [0.1, 0.15) is 0 Å². The molecule has 15 heavy (non-hydrogen) atoms. The second kappa shape index (κ2) is 3.45. The number of hydrogen-bond donors (Lipinski definition) is 0. The van der Waals surface area contributed by atoms with Crippen molar-refractivity contribution in [1.82, 2.24) is 10.0 Å². The minimum absolute atomic E-state index is 0.0958. The lowest BCUT2D eigenvalue weighted by molar-refractivity contribution is -0.00351. The van der Waals surface area contributed by atoms with E-state index in [1.54, 1.807) is 0 Å². The molecule has 0 spiro atoms. The monoisotopic (exact) mass is 212 g/mol. The Hall–Kier alpha value is -1.72. The highest BCUT2D eigenvalue weighted by Crippen LogP contribution is 2.33. The van der Waals surface area contributed by atoms with Gasteiger partial charge in [-0.25, -0.2) is 19.6 Å². The third kappa shape index (κ3) is 1.33. The Labute approximate surface area is 87.0 Å². The maximum atomic E-state index is 11.5. The summed E-state index contributed by atoms with van der Waals surface area (Å²) in [6.07, 6.45) is 3.40. The third-order valence-corrected chi connectivity index (χ3v) is 2.62. The van der Waals surface area contributed by atoms with Crippen LogP contribution in [0.1, 0.15) is 6.42 Å². The largest absolute Gasteiger partial charge is 0.451 e. The van der Waals surface area contributed by atoms with Crippen LogP contribution in [0.3, 0.4) is 0 Å². The van der Waals surface area contributed by atoms with E-state index in [9.17, 15) is 9.59 Å². The van der Waals surface area contributed by atoms with Gasteiger partial charge in [-0.05, 0) is 6.42 Å². The van der Waals surface area contributed by atoms with Crippen LogP contribution in [0.4, 0.5) is 9.59 Å². The molecule has 2 aliphatic rings. The predicted molar refractivity (Wildman–Crippen MR) is 49.8 cm³/mol. The molecule has 1 fully saturated rings. The van der Waals surface area contributed by atoms with Gasteiger partial charge in [-0.15, -0.1) is 0 Å². The van der Waals surface area contributed by atoms with Gasteiger partial charge < -0.3 is 9.47 Å². The lowest BCUT2D eigenvalue weighted by Crippen LogP contribution is -2.51. The zero-order valence-corrected chi connectivity index (χ0v) is 8.54. The number of amides is 2. The lowest BCUT2D eigenvalue weighted by Gasteiger charge is -2.32. The minimum atomic E-state index is -0.544. The van der Waals surface area contributed by atoms with E-state index in [0.29, 0.717) is 6.42 Å². The summed E-state index contributed by atoms with van der Waals surface area (Å²) >= 11 is 0. The maximum Gasteiger partial charge on any atom is 0.429 e. The molecule has 1 heterocycles. The first-order valence-electron chi connectivity index (χ1n) is 4.61. The fourth-order valence-corrected chi connectivity index (χ4v) is 1.98. The van der Waals surface area contributed by atoms with E-state index in [1.807, 2.05) is 12.2 Å². The molecular formula is C9H12N2O4. The summed E-state index contributed by atoms with van der Waals surface area (Å²) in [6, 6.07) is -0.192. The molecule has 2 bridgehead atoms. The normalized spacial score (nSPS) is 27.1. The van der Waals surface area contributed by atoms with Crippen LogP contribution < -0.4 is 0 Å². The molecule has 6 nitrogen and oxygen atoms in total. The van der Waals surface area contributed by atoms with E-state index in [2.05, 4.69) is 9.47 Å². The molecule has 0 aromatic heterocycles. The number of methoxy groups -OCH3 is 2. The van der Waals surface area contributed by atoms with E-state index < -0.39 is 12.2 Å². The van der Waals surface area contributed by atoms with Crippen molar-refractivity contribution in [2.45, 2.75) is 18.5 Å². The van der Waals surface area contributed by atoms with E-state index in [1.165, 1.54) is 24.2 Å². The summed E-state index contributed by atoms with van der Waals surface area (Å²) in [6.45, 7) is 0. The number of carbonyl (C=O) groups excluding carboxylic acids is 2. The van der Waals surface area contributed by atoms with Crippen LogP contribution in [0.5, 0.6) is 0 Å². The van der Waals surface area contributed by atoms with E-state index in [-0.39, 0.29) is 12.1 Å². The molecule has 2 rings (SSSR count). The molecule has 82 valence electrons. The van der Waals surface area contributed by atoms with Gasteiger partial charge in [-0.3, -0.25) is 0 Å². The van der Waals surface area contributed by atoms with Crippen LogP contribution >= 0.6 is 0 Å². The fourth-order valence-electron chi connectivity index (χ4n) is 1.98. The van der Waals surface area contributed by atoms with Crippen molar-refractivity contribution in [3.8, 4) is 0 Å². The van der Waals surface area contributed by atoms with Crippen molar-refractivity contribution in [2.75, 3.05) is 14.2 Å². The quantitative estimate of drug-likeness (QED) is 0.556. The molecule has 2 atom stereocenters. The van der Waals surface area contributed by atoms with Gasteiger partial charge in [0.25, 0.3) is 0 Å². The Kier molecular flexibility index (Phi) is 2.26. The van der Waals surface area contributed by atoms with E-state index in [0.717, 1.165) is 0 Å². The average Bonchev–Trinajstić information content (AvgIpc) is 2.86. The second-order valence-electron chi connectivity index (χ2n) is 3.38. The molecular weight excluding hydrogens is 200 g/mol. The van der Waals surface area contributed by atoms with Crippen LogP contribution in [0.15, 0.2) is 12.2 Å². The molecule has 0 radical (unpaired) electrons. The van der Waals surface area contributed by atoms with Crippen molar-refractivity contribution in [3.63, 3.8) is 0 Å². The van der Waals surface area contributed by atoms with Gasteiger partial charge in [0.2, 0.25) is 0 Å². The van der Waals surface area contributed by atoms with Gasteiger partial charge in [-0.2, -0.15) is 0 Å². The molecule has 0 unspecified atom stereocenters. The summed E-state index contributed by atoms with van der Waals surface area (Å²) in [4.78, 5) is 22.9. The van der Waals surface area contributed by atoms with Crippen molar-refractivity contribution in [2.24, 2.45) is 0 Å². The Morgan fingerprint density at radius 2 is 1.47 bits per heavy atom. The molecule has 1 aliphatic heterocycles. The SMILES string of the molecule is COC(=O)N1[C@H]2C=C[C@@H](C2)N1C(=O)OC. The first-order valence-corrected chi connectivity index (χ1v) is 4.61. The molecule has 0 aromatic rings. The number of fused-ring (bicyclic) bond motifs is 2. The van der Waals surface area contributed by atoms with Gasteiger partial charge in [0, 0.05) is 0 Å². The highest BCUT2D eigenvalue weighted by molar-refractivity contribution is 5.76. The van der Waals surface area contributed by atoms with Crippen molar-refractivity contribution in [1.29, 1.82) is 0 Å². The van der Waals surface area contributed by atoms with Crippen LogP contribution in [0.2, 0.25) is 0 Å². The van der Waals surface area contributed by atoms with E-state index in [4.69, 9.17) is 0 Å². The predicted octanol–water partition coefficient (Wildman–Crippen LogP) is 0.749. The highest BCUT2D eigenvalue weighted by atomic mass is 16.6. The molecule has 2 amide bonds. The molecule has 1 saturated heterocycles. The van der Waals surface area contributed by atoms with Crippen LogP contribution in [-0.4, -0.2) is 48.5 Å². The Morgan fingerprint density at radius 1 is 1.07 bits per heavy atom. The maximum absolute atomic E-state index is 11.5. The number of rotatable bonds is 0. The van der Waals surface area contributed by atoms with Gasteiger partial charge >= 0.3 is 12.2 Å². The number of hydrazine groups is 1. The van der Waals surface area contributed by atoms with Gasteiger partial charge in [0.05, 0.1) is 26.3 Å². The average molecular weight is 212 g/mol. The van der Waals surface area contributed by atoms with Crippen LogP contribution in [0.25, 0.3) is 0 Å². The van der Waals surface area contributed by atoms with Gasteiger partial charge in [-0.1, -0.05) is 12.2 Å².